The molecule has 4 nitrogen and oxygen atoms in total. The monoisotopic (exact) mass is 274 g/mol. The largest absolute Gasteiger partial charge is 0.481 e. The highest BCUT2D eigenvalue weighted by Gasteiger charge is 2.46. The average Bonchev–Trinajstić information content (AvgIpc) is 3.03. The number of nitrogens with zero attached hydrogens (tertiary/aromatic N) is 2. The number of imidazole rings is 1. The lowest BCUT2D eigenvalue weighted by Crippen LogP contribution is -2.13. The molecule has 1 aromatic carbocycles. The van der Waals surface area contributed by atoms with Crippen LogP contribution in [-0.4, -0.2) is 20.6 Å². The molecule has 1 heterocycles. The average molecular weight is 274 g/mol. The molecule has 0 unspecified atom stereocenters. The molecule has 1 aromatic heterocycles. The highest BCUT2D eigenvalue weighted by Crippen LogP contribution is 2.51. The van der Waals surface area contributed by atoms with E-state index in [1.54, 1.807) is 30.0 Å². The normalized spacial score (nSPS) is 16.1. The third-order valence-electron chi connectivity index (χ3n) is 3.99. The Morgan fingerprint density at radius 1 is 1.50 bits per heavy atom. The van der Waals surface area contributed by atoms with Crippen LogP contribution in [0.3, 0.4) is 0 Å². The van der Waals surface area contributed by atoms with Crippen molar-refractivity contribution < 1.29 is 14.3 Å². The number of rotatable bonds is 4. The van der Waals surface area contributed by atoms with E-state index in [9.17, 15) is 9.18 Å². The summed E-state index contributed by atoms with van der Waals surface area (Å²) >= 11 is 0. The second-order valence-corrected chi connectivity index (χ2v) is 5.36. The first-order valence-corrected chi connectivity index (χ1v) is 6.54. The van der Waals surface area contributed by atoms with E-state index < -0.39 is 5.97 Å². The first-order valence-electron chi connectivity index (χ1n) is 6.54. The molecule has 1 N–H and O–H groups in total. The van der Waals surface area contributed by atoms with Gasteiger partial charge in [-0.2, -0.15) is 0 Å². The van der Waals surface area contributed by atoms with E-state index >= 15 is 0 Å². The van der Waals surface area contributed by atoms with Gasteiger partial charge < -0.3 is 9.67 Å². The number of aliphatic carboxylic acids is 1. The molecule has 0 bridgehead atoms. The van der Waals surface area contributed by atoms with E-state index in [2.05, 4.69) is 4.98 Å². The third-order valence-corrected chi connectivity index (χ3v) is 3.99. The molecule has 104 valence electrons. The van der Waals surface area contributed by atoms with Crippen molar-refractivity contribution in [2.24, 2.45) is 0 Å². The fourth-order valence-corrected chi connectivity index (χ4v) is 2.67. The van der Waals surface area contributed by atoms with Gasteiger partial charge in [-0.1, -0.05) is 6.07 Å². The van der Waals surface area contributed by atoms with Gasteiger partial charge in [0.1, 0.15) is 11.6 Å². The summed E-state index contributed by atoms with van der Waals surface area (Å²) in [6, 6.07) is 4.99. The Morgan fingerprint density at radius 3 is 2.75 bits per heavy atom. The van der Waals surface area contributed by atoms with E-state index in [0.29, 0.717) is 11.5 Å². The number of carboxylic acids is 1. The Labute approximate surface area is 115 Å². The van der Waals surface area contributed by atoms with Gasteiger partial charge in [-0.15, -0.1) is 0 Å². The van der Waals surface area contributed by atoms with E-state index in [4.69, 9.17) is 5.11 Å². The number of benzene rings is 1. The first-order chi connectivity index (χ1) is 9.52. The van der Waals surface area contributed by atoms with Crippen molar-refractivity contribution in [3.05, 3.63) is 47.8 Å². The van der Waals surface area contributed by atoms with E-state index in [0.717, 1.165) is 18.4 Å². The molecule has 1 fully saturated rings. The van der Waals surface area contributed by atoms with Crippen molar-refractivity contribution in [3.8, 4) is 5.69 Å². The summed E-state index contributed by atoms with van der Waals surface area (Å²) in [7, 11) is 0. The van der Waals surface area contributed by atoms with E-state index in [-0.39, 0.29) is 17.7 Å². The first kappa shape index (κ1) is 12.8. The van der Waals surface area contributed by atoms with Crippen LogP contribution in [0.15, 0.2) is 30.6 Å². The minimum atomic E-state index is -0.836. The molecular weight excluding hydrogens is 259 g/mol. The summed E-state index contributed by atoms with van der Waals surface area (Å²) in [6.07, 6.45) is 5.01. The van der Waals surface area contributed by atoms with Crippen LogP contribution in [0.1, 0.15) is 30.7 Å². The summed E-state index contributed by atoms with van der Waals surface area (Å²) in [5.74, 6) is -0.471. The summed E-state index contributed by atoms with van der Waals surface area (Å²) in [5.41, 5.74) is 0.851. The van der Waals surface area contributed by atoms with Gasteiger partial charge in [-0.25, -0.2) is 9.37 Å². The van der Waals surface area contributed by atoms with E-state index in [1.807, 2.05) is 6.07 Å². The Morgan fingerprint density at radius 2 is 2.25 bits per heavy atom. The molecule has 3 rings (SSSR count). The van der Waals surface area contributed by atoms with Gasteiger partial charge in [-0.05, 0) is 37.5 Å². The molecule has 1 aliphatic carbocycles. The minimum absolute atomic E-state index is 0.0654. The van der Waals surface area contributed by atoms with Crippen molar-refractivity contribution >= 4 is 5.97 Å². The van der Waals surface area contributed by atoms with Gasteiger partial charge in [0.15, 0.2) is 0 Å². The van der Waals surface area contributed by atoms with Crippen LogP contribution in [-0.2, 0) is 10.2 Å². The van der Waals surface area contributed by atoms with Gasteiger partial charge >= 0.3 is 5.97 Å². The van der Waals surface area contributed by atoms with E-state index in [1.165, 1.54) is 6.07 Å². The third kappa shape index (κ3) is 2.09. The molecule has 5 heteroatoms. The van der Waals surface area contributed by atoms with Crippen LogP contribution in [0.25, 0.3) is 5.69 Å². The van der Waals surface area contributed by atoms with Crippen LogP contribution >= 0.6 is 0 Å². The van der Waals surface area contributed by atoms with Crippen LogP contribution in [0.4, 0.5) is 4.39 Å². The quantitative estimate of drug-likeness (QED) is 0.932. The predicted octanol–water partition coefficient (Wildman–Crippen LogP) is 2.83. The van der Waals surface area contributed by atoms with Gasteiger partial charge in [0, 0.05) is 17.8 Å². The maximum absolute atomic E-state index is 14.3. The number of hydrogen-bond acceptors (Lipinski definition) is 2. The highest BCUT2D eigenvalue weighted by atomic mass is 19.1. The van der Waals surface area contributed by atoms with Crippen molar-refractivity contribution in [3.63, 3.8) is 0 Å². The van der Waals surface area contributed by atoms with Crippen molar-refractivity contribution in [1.29, 1.82) is 0 Å². The molecule has 2 aromatic rings. The van der Waals surface area contributed by atoms with Crippen LogP contribution in [0.2, 0.25) is 0 Å². The van der Waals surface area contributed by atoms with Crippen LogP contribution < -0.4 is 0 Å². The Kier molecular flexibility index (Phi) is 2.85. The molecule has 1 saturated carbocycles. The lowest BCUT2D eigenvalue weighted by molar-refractivity contribution is -0.137. The molecule has 0 radical (unpaired) electrons. The zero-order chi connectivity index (χ0) is 14.3. The van der Waals surface area contributed by atoms with Crippen LogP contribution in [0, 0.1) is 12.7 Å². The maximum atomic E-state index is 14.3. The molecule has 0 atom stereocenters. The molecule has 0 spiro atoms. The SMILES string of the molecule is Cc1nccn1-c1ccc(C2(CC(=O)O)CC2)cc1F. The summed E-state index contributed by atoms with van der Waals surface area (Å²) < 4.78 is 16.0. The van der Waals surface area contributed by atoms with Crippen molar-refractivity contribution in [1.82, 2.24) is 9.55 Å². The molecular formula is C15H15FN2O2. The lowest BCUT2D eigenvalue weighted by atomic mass is 9.92. The number of carboxylic acid groups (broad SMARTS) is 1. The fraction of sp³-hybridized carbons (Fsp3) is 0.333. The number of halogens is 1. The number of aromatic nitrogens is 2. The van der Waals surface area contributed by atoms with Crippen LogP contribution in [0.5, 0.6) is 0 Å². The van der Waals surface area contributed by atoms with Crippen molar-refractivity contribution in [2.75, 3.05) is 0 Å². The Hall–Kier alpha value is -2.17. The minimum Gasteiger partial charge on any atom is -0.481 e. The second kappa shape index (κ2) is 4.44. The number of aryl methyl sites for hydroxylation is 1. The molecule has 0 saturated heterocycles. The van der Waals surface area contributed by atoms with Crippen molar-refractivity contribution in [2.45, 2.75) is 31.6 Å². The molecule has 1 aliphatic rings. The summed E-state index contributed by atoms with van der Waals surface area (Å²) in [5, 5.41) is 8.95. The smallest absolute Gasteiger partial charge is 0.304 e. The summed E-state index contributed by atoms with van der Waals surface area (Å²) in [4.78, 5) is 15.0. The van der Waals surface area contributed by atoms with Gasteiger partial charge in [0.25, 0.3) is 0 Å². The molecule has 0 aliphatic heterocycles. The maximum Gasteiger partial charge on any atom is 0.304 e. The standard InChI is InChI=1S/C15H15FN2O2/c1-10-17-6-7-18(10)13-3-2-11(8-12(13)16)15(4-5-15)9-14(19)20/h2-3,6-8H,4-5,9H2,1H3,(H,19,20). The molecule has 20 heavy (non-hydrogen) atoms. The zero-order valence-corrected chi connectivity index (χ0v) is 11.1. The number of carbonyl (C=O) groups is 1. The topological polar surface area (TPSA) is 55.1 Å². The van der Waals surface area contributed by atoms with Gasteiger partial charge in [0.05, 0.1) is 12.1 Å². The number of hydrogen-bond donors (Lipinski definition) is 1. The Bertz CT molecular complexity index is 674. The zero-order valence-electron chi connectivity index (χ0n) is 11.1. The predicted molar refractivity (Wildman–Crippen MR) is 71.4 cm³/mol. The van der Waals surface area contributed by atoms with Gasteiger partial charge in [0.2, 0.25) is 0 Å². The summed E-state index contributed by atoms with van der Waals surface area (Å²) in [6.45, 7) is 1.81. The van der Waals surface area contributed by atoms with Gasteiger partial charge in [-0.3, -0.25) is 4.79 Å². The lowest BCUT2D eigenvalue weighted by Gasteiger charge is -2.15. The Balaban J connectivity index is 1.96. The second-order valence-electron chi connectivity index (χ2n) is 5.36. The molecule has 0 amide bonds. The fourth-order valence-electron chi connectivity index (χ4n) is 2.67. The highest BCUT2D eigenvalue weighted by molar-refractivity contribution is 5.70.